The summed E-state index contributed by atoms with van der Waals surface area (Å²) in [6.45, 7) is 0. The molecule has 3 nitrogen and oxygen atoms in total. The molecule has 0 amide bonds. The lowest BCUT2D eigenvalue weighted by Crippen LogP contribution is -1.97. The van der Waals surface area contributed by atoms with Crippen LogP contribution >= 0.6 is 11.3 Å². The van der Waals surface area contributed by atoms with Crippen LogP contribution in [0.5, 0.6) is 0 Å². The van der Waals surface area contributed by atoms with Gasteiger partial charge in [-0.2, -0.15) is 0 Å². The molecule has 9 aromatic carbocycles. The zero-order valence-corrected chi connectivity index (χ0v) is 32.1. The number of hydrogen-bond donors (Lipinski definition) is 0. The molecule has 0 unspecified atom stereocenters. The van der Waals surface area contributed by atoms with Gasteiger partial charge in [-0.1, -0.05) is 164 Å². The van der Waals surface area contributed by atoms with Gasteiger partial charge in [-0.3, -0.25) is 0 Å². The minimum atomic E-state index is 0.714. The highest BCUT2D eigenvalue weighted by Crippen LogP contribution is 2.49. The molecule has 0 radical (unpaired) electrons. The molecule has 12 rings (SSSR count). The van der Waals surface area contributed by atoms with Crippen LogP contribution in [0.15, 0.2) is 200 Å². The van der Waals surface area contributed by atoms with E-state index in [0.717, 1.165) is 33.8 Å². The molecule has 0 saturated carbocycles. The molecule has 0 aliphatic rings. The molecule has 0 saturated heterocycles. The largest absolute Gasteiger partial charge is 0.309 e. The number of aromatic nitrogens is 3. The predicted molar refractivity (Wildman–Crippen MR) is 246 cm³/mol. The van der Waals surface area contributed by atoms with Crippen molar-refractivity contribution in [2.75, 3.05) is 0 Å². The van der Waals surface area contributed by atoms with Crippen molar-refractivity contribution in [2.24, 2.45) is 0 Å². The van der Waals surface area contributed by atoms with Gasteiger partial charge in [0.25, 0.3) is 0 Å². The summed E-state index contributed by atoms with van der Waals surface area (Å²) in [5, 5.41) is 10.2. The van der Waals surface area contributed by atoms with E-state index in [9.17, 15) is 0 Å². The van der Waals surface area contributed by atoms with Crippen molar-refractivity contribution in [3.63, 3.8) is 0 Å². The van der Waals surface area contributed by atoms with Crippen molar-refractivity contribution < 1.29 is 0 Å². The highest BCUT2D eigenvalue weighted by atomic mass is 32.1. The van der Waals surface area contributed by atoms with Crippen LogP contribution in [0, 0.1) is 0 Å². The molecule has 58 heavy (non-hydrogen) atoms. The van der Waals surface area contributed by atoms with E-state index < -0.39 is 0 Å². The molecule has 270 valence electrons. The molecule has 3 aromatic heterocycles. The van der Waals surface area contributed by atoms with Gasteiger partial charge in [0.2, 0.25) is 0 Å². The normalized spacial score (nSPS) is 11.8. The Bertz CT molecular complexity index is 3480. The average molecular weight is 756 g/mol. The Balaban J connectivity index is 1.07. The van der Waals surface area contributed by atoms with E-state index in [0.29, 0.717) is 5.82 Å². The fourth-order valence-electron chi connectivity index (χ4n) is 8.94. The SMILES string of the molecule is c1ccc(-c2cc(-c3ccc(-n4c5ccccc5c5c6sc7ccc(-c8cccc9ccccc89)cc7c6c6ccccc6c54)cc3)nc(-c3ccccc3)n2)cc1. The van der Waals surface area contributed by atoms with Crippen molar-refractivity contribution in [2.45, 2.75) is 0 Å². The molecule has 4 heteroatoms. The molecule has 0 atom stereocenters. The van der Waals surface area contributed by atoms with E-state index in [1.165, 1.54) is 74.6 Å². The first kappa shape index (κ1) is 32.8. The zero-order valence-electron chi connectivity index (χ0n) is 31.3. The maximum Gasteiger partial charge on any atom is 0.160 e. The highest BCUT2D eigenvalue weighted by molar-refractivity contribution is 7.27. The van der Waals surface area contributed by atoms with E-state index in [1.807, 2.05) is 35.6 Å². The predicted octanol–water partition coefficient (Wildman–Crippen LogP) is 14.9. The Labute approximate surface area is 338 Å². The topological polar surface area (TPSA) is 30.7 Å². The third-order valence-electron chi connectivity index (χ3n) is 11.6. The van der Waals surface area contributed by atoms with Crippen LogP contribution in [-0.4, -0.2) is 14.5 Å². The molecule has 12 aromatic rings. The van der Waals surface area contributed by atoms with Crippen LogP contribution in [0.2, 0.25) is 0 Å². The fraction of sp³-hybridized carbons (Fsp3) is 0. The quantitative estimate of drug-likeness (QED) is 0.175. The van der Waals surface area contributed by atoms with E-state index in [2.05, 4.69) is 180 Å². The third-order valence-corrected chi connectivity index (χ3v) is 12.8. The van der Waals surface area contributed by atoms with E-state index in [4.69, 9.17) is 9.97 Å². The Morgan fingerprint density at radius 1 is 0.397 bits per heavy atom. The second-order valence-electron chi connectivity index (χ2n) is 14.9. The van der Waals surface area contributed by atoms with Crippen LogP contribution in [0.25, 0.3) is 114 Å². The van der Waals surface area contributed by atoms with E-state index in [1.54, 1.807) is 0 Å². The van der Waals surface area contributed by atoms with Gasteiger partial charge in [-0.15, -0.1) is 11.3 Å². The highest BCUT2D eigenvalue weighted by Gasteiger charge is 2.22. The zero-order chi connectivity index (χ0) is 38.2. The summed E-state index contributed by atoms with van der Waals surface area (Å²) in [7, 11) is 0. The third kappa shape index (κ3) is 5.12. The Morgan fingerprint density at radius 3 is 1.78 bits per heavy atom. The maximum absolute atomic E-state index is 5.11. The van der Waals surface area contributed by atoms with Crippen molar-refractivity contribution in [1.29, 1.82) is 0 Å². The number of fused-ring (bicyclic) bond motifs is 11. The van der Waals surface area contributed by atoms with Crippen molar-refractivity contribution in [3.8, 4) is 50.7 Å². The lowest BCUT2D eigenvalue weighted by atomic mass is 9.95. The lowest BCUT2D eigenvalue weighted by molar-refractivity contribution is 1.17. The number of hydrogen-bond acceptors (Lipinski definition) is 3. The summed E-state index contributed by atoms with van der Waals surface area (Å²) in [6.07, 6.45) is 0. The molecular formula is C54H33N3S. The van der Waals surface area contributed by atoms with Gasteiger partial charge in [0.05, 0.1) is 22.4 Å². The van der Waals surface area contributed by atoms with Gasteiger partial charge in [0.15, 0.2) is 5.82 Å². The fourth-order valence-corrected chi connectivity index (χ4v) is 10.2. The first-order chi connectivity index (χ1) is 28.8. The molecule has 0 fully saturated rings. The van der Waals surface area contributed by atoms with Gasteiger partial charge < -0.3 is 4.57 Å². The maximum atomic E-state index is 5.11. The lowest BCUT2D eigenvalue weighted by Gasteiger charge is -2.13. The minimum Gasteiger partial charge on any atom is -0.309 e. The summed E-state index contributed by atoms with van der Waals surface area (Å²) in [5.41, 5.74) is 10.9. The smallest absolute Gasteiger partial charge is 0.160 e. The van der Waals surface area contributed by atoms with Crippen LogP contribution in [-0.2, 0) is 0 Å². The van der Waals surface area contributed by atoms with Gasteiger partial charge in [-0.05, 0) is 63.7 Å². The van der Waals surface area contributed by atoms with Crippen LogP contribution in [0.1, 0.15) is 0 Å². The molecule has 0 aliphatic carbocycles. The Hall–Kier alpha value is -7.40. The summed E-state index contributed by atoms with van der Waals surface area (Å²) in [4.78, 5) is 10.1. The van der Waals surface area contributed by atoms with Crippen molar-refractivity contribution >= 4 is 74.9 Å². The van der Waals surface area contributed by atoms with E-state index in [-0.39, 0.29) is 0 Å². The van der Waals surface area contributed by atoms with Crippen molar-refractivity contribution in [1.82, 2.24) is 14.5 Å². The van der Waals surface area contributed by atoms with Gasteiger partial charge in [0.1, 0.15) is 0 Å². The molecule has 0 bridgehead atoms. The second kappa shape index (κ2) is 13.1. The molecule has 0 N–H and O–H groups in total. The second-order valence-corrected chi connectivity index (χ2v) is 16.0. The summed E-state index contributed by atoms with van der Waals surface area (Å²) < 4.78 is 5.09. The number of thiophene rings is 1. The monoisotopic (exact) mass is 755 g/mol. The van der Waals surface area contributed by atoms with Crippen LogP contribution in [0.3, 0.4) is 0 Å². The number of rotatable bonds is 5. The Kier molecular flexibility index (Phi) is 7.40. The number of nitrogens with zero attached hydrogens (tertiary/aromatic N) is 3. The standard InChI is InChI=1S/C54H33N3S/c1-3-15-35(16-4-1)46-33-47(56-54(55-46)37-17-5-2-6-18-37)36-26-29-39(30-27-36)57-48-25-12-11-23-44(48)51-52(57)43-22-10-9-21-42(43)50-45-32-38(28-31-49(45)58-53(50)51)41-24-13-19-34-14-7-8-20-40(34)41/h1-33H. The summed E-state index contributed by atoms with van der Waals surface area (Å²) in [6, 6.07) is 71.8. The number of para-hydroxylation sites is 1. The molecule has 0 aliphatic heterocycles. The van der Waals surface area contributed by atoms with Crippen molar-refractivity contribution in [3.05, 3.63) is 200 Å². The first-order valence-corrected chi connectivity index (χ1v) is 20.5. The van der Waals surface area contributed by atoms with Gasteiger partial charge >= 0.3 is 0 Å². The summed E-state index contributed by atoms with van der Waals surface area (Å²) >= 11 is 1.91. The minimum absolute atomic E-state index is 0.714. The van der Waals surface area contributed by atoms with Crippen LogP contribution in [0.4, 0.5) is 0 Å². The molecule has 3 heterocycles. The van der Waals surface area contributed by atoms with Gasteiger partial charge in [0, 0.05) is 58.7 Å². The average Bonchev–Trinajstić information content (AvgIpc) is 3.86. The Morgan fingerprint density at radius 2 is 1.00 bits per heavy atom. The van der Waals surface area contributed by atoms with Gasteiger partial charge in [-0.25, -0.2) is 9.97 Å². The number of benzene rings is 9. The molecule has 0 spiro atoms. The first-order valence-electron chi connectivity index (χ1n) is 19.7. The van der Waals surface area contributed by atoms with E-state index >= 15 is 0 Å². The molecular weight excluding hydrogens is 723 g/mol. The van der Waals surface area contributed by atoms with Crippen LogP contribution < -0.4 is 0 Å². The summed E-state index contributed by atoms with van der Waals surface area (Å²) in [5.74, 6) is 0.714.